The third kappa shape index (κ3) is 6.69. The third-order valence-corrected chi connectivity index (χ3v) is 3.74. The molecule has 25 heavy (non-hydrogen) atoms. The molecular formula is C18H28N6O. The Morgan fingerprint density at radius 2 is 1.00 bits per heavy atom. The summed E-state index contributed by atoms with van der Waals surface area (Å²) in [6, 6.07) is 15.5. The van der Waals surface area contributed by atoms with Gasteiger partial charge in [-0.15, -0.1) is 0 Å². The molecule has 0 saturated heterocycles. The van der Waals surface area contributed by atoms with Gasteiger partial charge in [0.25, 0.3) is 0 Å². The Balaban J connectivity index is 1.56. The van der Waals surface area contributed by atoms with Crippen LogP contribution in [0.15, 0.2) is 48.5 Å². The number of hydrogen-bond donors (Lipinski definition) is 6. The molecule has 0 unspecified atom stereocenters. The predicted molar refractivity (Wildman–Crippen MR) is 103 cm³/mol. The van der Waals surface area contributed by atoms with Gasteiger partial charge in [0.05, 0.1) is 25.5 Å². The van der Waals surface area contributed by atoms with E-state index in [1.54, 1.807) is 0 Å². The van der Waals surface area contributed by atoms with Crippen LogP contribution in [0.1, 0.15) is 23.5 Å². The van der Waals surface area contributed by atoms with Crippen molar-refractivity contribution in [2.45, 2.75) is 12.3 Å². The van der Waals surface area contributed by atoms with E-state index in [1.165, 1.54) is 0 Å². The Labute approximate surface area is 148 Å². The minimum Gasteiger partial charge on any atom is -0.383 e. The van der Waals surface area contributed by atoms with Crippen molar-refractivity contribution in [3.05, 3.63) is 59.7 Å². The fourth-order valence-electron chi connectivity index (χ4n) is 2.28. The first-order valence-corrected chi connectivity index (χ1v) is 8.34. The molecule has 2 aromatic rings. The lowest BCUT2D eigenvalue weighted by Gasteiger charge is -2.11. The van der Waals surface area contributed by atoms with Gasteiger partial charge in [0.15, 0.2) is 0 Å². The Kier molecular flexibility index (Phi) is 7.65. The van der Waals surface area contributed by atoms with E-state index < -0.39 is 12.3 Å². The normalized spacial score (nSPS) is 11.1. The van der Waals surface area contributed by atoms with Crippen LogP contribution in [0.5, 0.6) is 0 Å². The maximum atomic E-state index is 5.61. The molecule has 0 spiro atoms. The molecule has 0 aliphatic carbocycles. The van der Waals surface area contributed by atoms with Gasteiger partial charge in [-0.05, 0) is 35.4 Å². The largest absolute Gasteiger partial charge is 0.383 e. The summed E-state index contributed by atoms with van der Waals surface area (Å²) in [6.07, 6.45) is -0.874. The Morgan fingerprint density at radius 1 is 0.640 bits per heavy atom. The minimum absolute atomic E-state index is 0.437. The van der Waals surface area contributed by atoms with Crippen LogP contribution in [-0.2, 0) is 4.74 Å². The lowest BCUT2D eigenvalue weighted by atomic mass is 10.1. The van der Waals surface area contributed by atoms with Gasteiger partial charge < -0.3 is 38.3 Å². The smallest absolute Gasteiger partial charge is 0.0784 e. The average Bonchev–Trinajstić information content (AvgIpc) is 2.61. The van der Waals surface area contributed by atoms with Gasteiger partial charge in [0.2, 0.25) is 0 Å². The molecule has 0 aliphatic rings. The molecule has 7 nitrogen and oxygen atoms in total. The van der Waals surface area contributed by atoms with Gasteiger partial charge in [-0.2, -0.15) is 0 Å². The second-order valence-electron chi connectivity index (χ2n) is 5.76. The number of nitrogens with two attached hydrogens (primary N) is 4. The van der Waals surface area contributed by atoms with Crippen LogP contribution in [0.3, 0.4) is 0 Å². The number of hydrogen-bond acceptors (Lipinski definition) is 7. The van der Waals surface area contributed by atoms with Crippen LogP contribution in [0, 0.1) is 0 Å². The summed E-state index contributed by atoms with van der Waals surface area (Å²) < 4.78 is 5.60. The standard InChI is InChI=1S/C18H28N6O/c19-17(20)13-1-5-15(6-2-13)23-9-11-25-12-10-24-16-7-3-14(4-8-16)18(21)22/h1-8,17-18,23-24H,9-12,19-22H2. The average molecular weight is 344 g/mol. The highest BCUT2D eigenvalue weighted by atomic mass is 16.5. The lowest BCUT2D eigenvalue weighted by molar-refractivity contribution is 0.154. The van der Waals surface area contributed by atoms with Crippen molar-refractivity contribution in [3.63, 3.8) is 0 Å². The summed E-state index contributed by atoms with van der Waals surface area (Å²) in [6.45, 7) is 2.72. The van der Waals surface area contributed by atoms with Crippen molar-refractivity contribution in [1.29, 1.82) is 0 Å². The highest BCUT2D eigenvalue weighted by Crippen LogP contribution is 2.12. The van der Waals surface area contributed by atoms with E-state index in [0.717, 1.165) is 35.6 Å². The van der Waals surface area contributed by atoms with E-state index in [-0.39, 0.29) is 0 Å². The fourth-order valence-corrected chi connectivity index (χ4v) is 2.28. The SMILES string of the molecule is NC(N)c1ccc(NCCOCCNc2ccc(C(N)N)cc2)cc1. The quantitative estimate of drug-likeness (QED) is 0.280. The summed E-state index contributed by atoms with van der Waals surface area (Å²) in [5.74, 6) is 0. The Morgan fingerprint density at radius 3 is 1.32 bits per heavy atom. The highest BCUT2D eigenvalue weighted by molar-refractivity contribution is 5.45. The molecule has 0 aliphatic heterocycles. The molecule has 0 saturated carbocycles. The van der Waals surface area contributed by atoms with E-state index in [9.17, 15) is 0 Å². The van der Waals surface area contributed by atoms with Gasteiger partial charge in [-0.25, -0.2) is 0 Å². The Hall–Kier alpha value is -2.16. The summed E-state index contributed by atoms with van der Waals surface area (Å²) in [4.78, 5) is 0. The number of benzene rings is 2. The number of anilines is 2. The molecule has 0 atom stereocenters. The van der Waals surface area contributed by atoms with Crippen molar-refractivity contribution in [1.82, 2.24) is 0 Å². The summed E-state index contributed by atoms with van der Waals surface area (Å²) in [7, 11) is 0. The topological polar surface area (TPSA) is 137 Å². The van der Waals surface area contributed by atoms with Crippen LogP contribution < -0.4 is 33.6 Å². The van der Waals surface area contributed by atoms with E-state index in [2.05, 4.69) is 10.6 Å². The molecule has 0 aromatic heterocycles. The molecule has 0 fully saturated rings. The van der Waals surface area contributed by atoms with Crippen LogP contribution in [-0.4, -0.2) is 26.3 Å². The van der Waals surface area contributed by atoms with E-state index in [1.807, 2.05) is 48.5 Å². The highest BCUT2D eigenvalue weighted by Gasteiger charge is 2.00. The molecule has 2 rings (SSSR count). The summed E-state index contributed by atoms with van der Waals surface area (Å²) >= 11 is 0. The zero-order valence-corrected chi connectivity index (χ0v) is 14.3. The van der Waals surface area contributed by atoms with Crippen molar-refractivity contribution in [2.24, 2.45) is 22.9 Å². The van der Waals surface area contributed by atoms with Crippen LogP contribution >= 0.6 is 0 Å². The van der Waals surface area contributed by atoms with Crippen molar-refractivity contribution in [3.8, 4) is 0 Å². The molecule has 0 bridgehead atoms. The van der Waals surface area contributed by atoms with Crippen molar-refractivity contribution < 1.29 is 4.74 Å². The van der Waals surface area contributed by atoms with Gasteiger partial charge in [-0.1, -0.05) is 24.3 Å². The predicted octanol–water partition coefficient (Wildman–Crippen LogP) is 1.06. The number of ether oxygens (including phenoxy) is 1. The molecule has 10 N–H and O–H groups in total. The molecular weight excluding hydrogens is 316 g/mol. The molecule has 0 heterocycles. The first-order chi connectivity index (χ1) is 12.1. The molecule has 2 aromatic carbocycles. The van der Waals surface area contributed by atoms with E-state index >= 15 is 0 Å². The number of nitrogens with one attached hydrogen (secondary N) is 2. The molecule has 7 heteroatoms. The second kappa shape index (κ2) is 9.97. The lowest BCUT2D eigenvalue weighted by Crippen LogP contribution is -2.20. The minimum atomic E-state index is -0.437. The third-order valence-electron chi connectivity index (χ3n) is 3.74. The van der Waals surface area contributed by atoms with Crippen molar-refractivity contribution in [2.75, 3.05) is 36.9 Å². The van der Waals surface area contributed by atoms with Gasteiger partial charge in [0, 0.05) is 24.5 Å². The van der Waals surface area contributed by atoms with Crippen LogP contribution in [0.2, 0.25) is 0 Å². The monoisotopic (exact) mass is 344 g/mol. The van der Waals surface area contributed by atoms with E-state index in [4.69, 9.17) is 27.7 Å². The maximum Gasteiger partial charge on any atom is 0.0784 e. The summed E-state index contributed by atoms with van der Waals surface area (Å²) in [5.41, 5.74) is 26.3. The van der Waals surface area contributed by atoms with Gasteiger partial charge >= 0.3 is 0 Å². The first kappa shape index (κ1) is 19.2. The maximum absolute atomic E-state index is 5.61. The van der Waals surface area contributed by atoms with E-state index in [0.29, 0.717) is 13.2 Å². The van der Waals surface area contributed by atoms with Crippen LogP contribution in [0.4, 0.5) is 11.4 Å². The zero-order valence-electron chi connectivity index (χ0n) is 14.3. The Bertz CT molecular complexity index is 557. The zero-order chi connectivity index (χ0) is 18.1. The molecule has 0 amide bonds. The number of rotatable bonds is 10. The van der Waals surface area contributed by atoms with Crippen molar-refractivity contribution >= 4 is 11.4 Å². The molecule has 0 radical (unpaired) electrons. The van der Waals surface area contributed by atoms with Gasteiger partial charge in [-0.3, -0.25) is 0 Å². The second-order valence-corrected chi connectivity index (χ2v) is 5.76. The first-order valence-electron chi connectivity index (χ1n) is 8.34. The summed E-state index contributed by atoms with van der Waals surface area (Å²) in [5, 5.41) is 6.57. The van der Waals surface area contributed by atoms with Gasteiger partial charge in [0.1, 0.15) is 0 Å². The molecule has 136 valence electrons. The van der Waals surface area contributed by atoms with Crippen LogP contribution in [0.25, 0.3) is 0 Å². The fraction of sp³-hybridized carbons (Fsp3) is 0.333.